The van der Waals surface area contributed by atoms with Crippen molar-refractivity contribution in [2.24, 2.45) is 0 Å². The van der Waals surface area contributed by atoms with Crippen molar-refractivity contribution in [2.45, 2.75) is 25.0 Å². The summed E-state index contributed by atoms with van der Waals surface area (Å²) in [6.07, 6.45) is 0.199. The molecule has 2 aliphatic rings. The summed E-state index contributed by atoms with van der Waals surface area (Å²) in [5.41, 5.74) is 2.05. The number of fused-ring (bicyclic) bond motifs is 6. The van der Waals surface area contributed by atoms with Gasteiger partial charge in [-0.05, 0) is 13.0 Å². The highest BCUT2D eigenvalue weighted by Crippen LogP contribution is 2.55. The van der Waals surface area contributed by atoms with Crippen LogP contribution >= 0.6 is 0 Å². The molecule has 7 heteroatoms. The maximum atomic E-state index is 12.4. The Morgan fingerprint density at radius 2 is 2.04 bits per heavy atom. The number of anilines is 1. The summed E-state index contributed by atoms with van der Waals surface area (Å²) in [6, 6.07) is 12.4. The summed E-state index contributed by atoms with van der Waals surface area (Å²) in [6.45, 7) is 1.99. The molecule has 0 saturated heterocycles. The minimum absolute atomic E-state index is 0.0755. The van der Waals surface area contributed by atoms with E-state index in [2.05, 4.69) is 15.5 Å². The van der Waals surface area contributed by atoms with Crippen LogP contribution in [0.3, 0.4) is 0 Å². The number of rotatable bonds is 2. The van der Waals surface area contributed by atoms with E-state index in [0.717, 1.165) is 16.7 Å². The van der Waals surface area contributed by atoms with Crippen molar-refractivity contribution in [3.8, 4) is 22.8 Å². The number of aromatic nitrogens is 2. The number of aromatic hydroxyl groups is 1. The van der Waals surface area contributed by atoms with Gasteiger partial charge < -0.3 is 20.3 Å². The highest BCUT2D eigenvalue weighted by atomic mass is 16.5. The number of phenols is 1. The van der Waals surface area contributed by atoms with Crippen molar-refractivity contribution in [3.63, 3.8) is 0 Å². The predicted octanol–water partition coefficient (Wildman–Crippen LogP) is 3.32. The molecule has 3 heterocycles. The van der Waals surface area contributed by atoms with E-state index >= 15 is 0 Å². The molecule has 2 aromatic carbocycles. The summed E-state index contributed by atoms with van der Waals surface area (Å²) in [5, 5.41) is 31.0. The van der Waals surface area contributed by atoms with Crippen molar-refractivity contribution in [1.82, 2.24) is 10.2 Å². The highest BCUT2D eigenvalue weighted by Gasteiger charge is 2.56. The van der Waals surface area contributed by atoms with Crippen molar-refractivity contribution in [3.05, 3.63) is 59.2 Å². The number of nitrogens with one attached hydrogen (secondary N) is 2. The first kappa shape index (κ1) is 15.7. The van der Waals surface area contributed by atoms with Gasteiger partial charge in [-0.1, -0.05) is 42.0 Å². The summed E-state index contributed by atoms with van der Waals surface area (Å²) < 4.78 is 6.00. The average molecular weight is 363 g/mol. The maximum absolute atomic E-state index is 12.4. The lowest BCUT2D eigenvalue weighted by Gasteiger charge is -2.43. The van der Waals surface area contributed by atoms with Gasteiger partial charge >= 0.3 is 5.97 Å². The number of aromatic amines is 1. The Kier molecular flexibility index (Phi) is 3.07. The normalized spacial score (nSPS) is 22.2. The molecule has 5 rings (SSSR count). The summed E-state index contributed by atoms with van der Waals surface area (Å²) in [7, 11) is 0. The zero-order chi connectivity index (χ0) is 18.8. The molecule has 0 radical (unpaired) electrons. The molecule has 3 aromatic rings. The van der Waals surface area contributed by atoms with Crippen LogP contribution in [0.15, 0.2) is 42.5 Å². The van der Waals surface area contributed by atoms with Crippen LogP contribution in [0.1, 0.15) is 29.2 Å². The van der Waals surface area contributed by atoms with Crippen LogP contribution in [0.2, 0.25) is 0 Å². The molecule has 136 valence electrons. The van der Waals surface area contributed by atoms with Crippen LogP contribution in [0, 0.1) is 6.92 Å². The molecule has 0 fully saturated rings. The molecule has 0 unspecified atom stereocenters. The number of H-pyrrole nitrogens is 1. The smallest absolute Gasteiger partial charge is 0.353 e. The number of hydrogen-bond acceptors (Lipinski definition) is 5. The standard InChI is InChI=1S/C20H17N3O4/c1-10-5-7-11(8-6-10)16-15-18(23-22-16)21-13-9-20(15,19(25)26)27-17-12(13)3-2-4-14(17)24/h2-8,13,24H,9H2,1H3,(H,25,26)(H2,21,22,23)/t13-,20-/m1/s1. The SMILES string of the molecule is Cc1ccc(-c2[nH]nc3c2[C@@]2(C(=O)O)C[C@@H](N3)c3cccc(O)c3O2)cc1. The van der Waals surface area contributed by atoms with Crippen LogP contribution in [0.4, 0.5) is 5.82 Å². The van der Waals surface area contributed by atoms with Crippen LogP contribution in [-0.2, 0) is 10.4 Å². The first-order valence-corrected chi connectivity index (χ1v) is 8.66. The third-order valence-electron chi connectivity index (χ3n) is 5.33. The van der Waals surface area contributed by atoms with Gasteiger partial charge in [0, 0.05) is 17.5 Å². The molecule has 7 nitrogen and oxygen atoms in total. The molecule has 0 amide bonds. The second-order valence-electron chi connectivity index (χ2n) is 7.02. The fourth-order valence-corrected chi connectivity index (χ4v) is 3.99. The number of nitrogens with zero attached hydrogens (tertiary/aromatic N) is 1. The third kappa shape index (κ3) is 2.08. The Morgan fingerprint density at radius 1 is 1.26 bits per heavy atom. The molecule has 2 bridgehead atoms. The Hall–Kier alpha value is -3.48. The number of ether oxygens (including phenoxy) is 1. The number of hydrogen-bond donors (Lipinski definition) is 4. The second kappa shape index (κ2) is 5.26. The molecule has 0 aliphatic carbocycles. The Morgan fingerprint density at radius 3 is 2.78 bits per heavy atom. The van der Waals surface area contributed by atoms with E-state index in [1.807, 2.05) is 37.3 Å². The molecule has 0 spiro atoms. The fourth-order valence-electron chi connectivity index (χ4n) is 3.99. The lowest BCUT2D eigenvalue weighted by atomic mass is 9.78. The Labute approximate surface area is 154 Å². The van der Waals surface area contributed by atoms with Crippen LogP contribution in [0.25, 0.3) is 11.3 Å². The number of phenolic OH excluding ortho intramolecular Hbond substituents is 1. The van der Waals surface area contributed by atoms with E-state index in [0.29, 0.717) is 17.1 Å². The van der Waals surface area contributed by atoms with Gasteiger partial charge in [-0.15, -0.1) is 0 Å². The van der Waals surface area contributed by atoms with E-state index in [1.54, 1.807) is 6.07 Å². The summed E-state index contributed by atoms with van der Waals surface area (Å²) >= 11 is 0. The van der Waals surface area contributed by atoms with E-state index < -0.39 is 11.6 Å². The van der Waals surface area contributed by atoms with Gasteiger partial charge in [-0.25, -0.2) is 4.79 Å². The number of aliphatic carboxylic acids is 1. The number of carboxylic acid groups (broad SMARTS) is 1. The minimum atomic E-state index is -1.63. The van der Waals surface area contributed by atoms with Crippen LogP contribution in [0.5, 0.6) is 11.5 Å². The number of carbonyl (C=O) groups is 1. The van der Waals surface area contributed by atoms with Crippen molar-refractivity contribution in [1.29, 1.82) is 0 Å². The third-order valence-corrected chi connectivity index (χ3v) is 5.33. The van der Waals surface area contributed by atoms with Crippen LogP contribution < -0.4 is 10.1 Å². The lowest BCUT2D eigenvalue weighted by molar-refractivity contribution is -0.159. The second-order valence-corrected chi connectivity index (χ2v) is 7.02. The van der Waals surface area contributed by atoms with E-state index in [-0.39, 0.29) is 24.0 Å². The van der Waals surface area contributed by atoms with Gasteiger partial charge in [-0.3, -0.25) is 5.10 Å². The van der Waals surface area contributed by atoms with Crippen LogP contribution in [-0.4, -0.2) is 26.4 Å². The average Bonchev–Trinajstić information content (AvgIpc) is 3.08. The quantitative estimate of drug-likeness (QED) is 0.556. The van der Waals surface area contributed by atoms with Gasteiger partial charge in [0.2, 0.25) is 5.60 Å². The summed E-state index contributed by atoms with van der Waals surface area (Å²) in [4.78, 5) is 12.4. The Balaban J connectivity index is 1.74. The minimum Gasteiger partial charge on any atom is -0.504 e. The molecule has 2 atom stereocenters. The van der Waals surface area contributed by atoms with Gasteiger partial charge in [0.1, 0.15) is 0 Å². The number of carboxylic acids is 1. The van der Waals surface area contributed by atoms with Crippen molar-refractivity contribution < 1.29 is 19.7 Å². The first-order valence-electron chi connectivity index (χ1n) is 8.66. The molecule has 4 N–H and O–H groups in total. The van der Waals surface area contributed by atoms with E-state index in [9.17, 15) is 15.0 Å². The van der Waals surface area contributed by atoms with Crippen molar-refractivity contribution in [2.75, 3.05) is 5.32 Å². The molecule has 27 heavy (non-hydrogen) atoms. The topological polar surface area (TPSA) is 107 Å². The lowest BCUT2D eigenvalue weighted by Crippen LogP contribution is -2.49. The van der Waals surface area contributed by atoms with Gasteiger partial charge in [0.25, 0.3) is 0 Å². The number of aryl methyl sites for hydroxylation is 1. The van der Waals surface area contributed by atoms with E-state index in [1.165, 1.54) is 6.07 Å². The first-order chi connectivity index (χ1) is 13.0. The zero-order valence-corrected chi connectivity index (χ0v) is 14.5. The van der Waals surface area contributed by atoms with Crippen molar-refractivity contribution >= 4 is 11.8 Å². The van der Waals surface area contributed by atoms with Gasteiger partial charge in [0.05, 0.1) is 17.3 Å². The molecular weight excluding hydrogens is 346 g/mol. The molecule has 1 aromatic heterocycles. The predicted molar refractivity (Wildman–Crippen MR) is 97.8 cm³/mol. The fraction of sp³-hybridized carbons (Fsp3) is 0.200. The molecule has 0 saturated carbocycles. The summed E-state index contributed by atoms with van der Waals surface area (Å²) in [5.74, 6) is -0.532. The molecular formula is C20H17N3O4. The maximum Gasteiger partial charge on any atom is 0.353 e. The highest BCUT2D eigenvalue weighted by molar-refractivity contribution is 5.89. The molecule has 2 aliphatic heterocycles. The van der Waals surface area contributed by atoms with Gasteiger partial charge in [-0.2, -0.15) is 5.10 Å². The number of benzene rings is 2. The van der Waals surface area contributed by atoms with E-state index in [4.69, 9.17) is 4.74 Å². The Bertz CT molecular complexity index is 1070. The monoisotopic (exact) mass is 363 g/mol. The largest absolute Gasteiger partial charge is 0.504 e. The van der Waals surface area contributed by atoms with Gasteiger partial charge in [0.15, 0.2) is 17.3 Å². The zero-order valence-electron chi connectivity index (χ0n) is 14.5. The number of para-hydroxylation sites is 1.